The highest BCUT2D eigenvalue weighted by atomic mass is 32.2. The first kappa shape index (κ1) is 20.1. The Labute approximate surface area is 159 Å². The lowest BCUT2D eigenvalue weighted by atomic mass is 10.0. The Balaban J connectivity index is 1.76. The Morgan fingerprint density at radius 1 is 1.22 bits per heavy atom. The predicted octanol–water partition coefficient (Wildman–Crippen LogP) is 1.16. The first-order chi connectivity index (χ1) is 12.8. The molecule has 1 unspecified atom stereocenters. The normalized spacial score (nSPS) is 17.6. The predicted molar refractivity (Wildman–Crippen MR) is 102 cm³/mol. The van der Waals surface area contributed by atoms with Crippen LogP contribution in [-0.2, 0) is 21.8 Å². The Kier molecular flexibility index (Phi) is 6.05. The fourth-order valence-corrected chi connectivity index (χ4v) is 4.51. The summed E-state index contributed by atoms with van der Waals surface area (Å²) in [6.07, 6.45) is 0.898. The summed E-state index contributed by atoms with van der Waals surface area (Å²) in [4.78, 5) is 14.0. The minimum atomic E-state index is -3.70. The topological polar surface area (TPSA) is 93.8 Å². The molecule has 1 saturated heterocycles. The zero-order valence-electron chi connectivity index (χ0n) is 16.0. The summed E-state index contributed by atoms with van der Waals surface area (Å²) in [7, 11) is -2.12. The van der Waals surface area contributed by atoms with E-state index in [1.807, 2.05) is 0 Å². The van der Waals surface area contributed by atoms with Gasteiger partial charge in [0.1, 0.15) is 0 Å². The van der Waals surface area contributed by atoms with Gasteiger partial charge < -0.3 is 9.15 Å². The van der Waals surface area contributed by atoms with Crippen molar-refractivity contribution in [3.8, 4) is 0 Å². The molecular weight excluding hydrogens is 370 g/mol. The molecule has 1 fully saturated rings. The quantitative estimate of drug-likeness (QED) is 0.753. The number of rotatable bonds is 7. The van der Waals surface area contributed by atoms with Crippen molar-refractivity contribution >= 4 is 21.1 Å². The lowest BCUT2D eigenvalue weighted by Gasteiger charge is -2.35. The molecule has 0 bridgehead atoms. The number of sulfonamides is 1. The molecule has 2 aromatic rings. The van der Waals surface area contributed by atoms with Crippen molar-refractivity contribution in [1.29, 1.82) is 0 Å². The van der Waals surface area contributed by atoms with Crippen LogP contribution in [0, 0.1) is 5.92 Å². The molecule has 0 spiro atoms. The van der Waals surface area contributed by atoms with E-state index in [-0.39, 0.29) is 16.5 Å². The first-order valence-electron chi connectivity index (χ1n) is 9.19. The van der Waals surface area contributed by atoms with Gasteiger partial charge in [0.25, 0.3) is 0 Å². The molecule has 1 aromatic carbocycles. The molecule has 150 valence electrons. The highest BCUT2D eigenvalue weighted by molar-refractivity contribution is 7.89. The number of benzene rings is 1. The van der Waals surface area contributed by atoms with Gasteiger partial charge in [0.2, 0.25) is 10.0 Å². The number of aromatic nitrogens is 1. The van der Waals surface area contributed by atoms with E-state index >= 15 is 0 Å². The van der Waals surface area contributed by atoms with Crippen LogP contribution >= 0.6 is 0 Å². The molecule has 0 aliphatic carbocycles. The van der Waals surface area contributed by atoms with E-state index in [0.717, 1.165) is 19.5 Å². The molecule has 3 rings (SSSR count). The van der Waals surface area contributed by atoms with E-state index in [2.05, 4.69) is 23.5 Å². The summed E-state index contributed by atoms with van der Waals surface area (Å²) in [6, 6.07) is 4.58. The van der Waals surface area contributed by atoms with Gasteiger partial charge in [0.15, 0.2) is 5.58 Å². The highest BCUT2D eigenvalue weighted by Crippen LogP contribution is 2.19. The lowest BCUT2D eigenvalue weighted by molar-refractivity contribution is 0.0134. The summed E-state index contributed by atoms with van der Waals surface area (Å²) in [5, 5.41) is 0. The van der Waals surface area contributed by atoms with Crippen LogP contribution in [0.1, 0.15) is 20.3 Å². The van der Waals surface area contributed by atoms with Crippen LogP contribution in [-0.4, -0.2) is 56.8 Å². The second kappa shape index (κ2) is 8.14. The van der Waals surface area contributed by atoms with E-state index < -0.39 is 15.8 Å². The third-order valence-electron chi connectivity index (χ3n) is 4.89. The standard InChI is InChI=1S/C18H27N3O5S/c1-13(2)10-14(21-6-8-25-9-7-21)12-19-27(23,24)15-4-5-16-17(11-15)26-18(22)20(16)3/h4-5,11,13-14,19H,6-10,12H2,1-3H3. The third kappa shape index (κ3) is 4.60. The monoisotopic (exact) mass is 397 g/mol. The molecule has 1 N–H and O–H groups in total. The number of oxazole rings is 1. The van der Waals surface area contributed by atoms with Crippen LogP contribution in [0.5, 0.6) is 0 Å². The maximum Gasteiger partial charge on any atom is 0.419 e. The molecular formula is C18H27N3O5S. The maximum absolute atomic E-state index is 12.8. The van der Waals surface area contributed by atoms with Gasteiger partial charge in [-0.25, -0.2) is 17.9 Å². The Morgan fingerprint density at radius 2 is 1.93 bits per heavy atom. The van der Waals surface area contributed by atoms with E-state index in [1.165, 1.54) is 16.7 Å². The van der Waals surface area contributed by atoms with Crippen molar-refractivity contribution in [1.82, 2.24) is 14.2 Å². The largest absolute Gasteiger partial charge is 0.419 e. The van der Waals surface area contributed by atoms with Gasteiger partial charge in [-0.1, -0.05) is 13.8 Å². The van der Waals surface area contributed by atoms with Gasteiger partial charge >= 0.3 is 5.76 Å². The van der Waals surface area contributed by atoms with Gasteiger partial charge in [-0.05, 0) is 24.5 Å². The maximum atomic E-state index is 12.8. The zero-order valence-corrected chi connectivity index (χ0v) is 16.8. The fourth-order valence-electron chi connectivity index (χ4n) is 3.42. The number of nitrogens with zero attached hydrogens (tertiary/aromatic N) is 2. The smallest absolute Gasteiger partial charge is 0.408 e. The Hall–Kier alpha value is -1.68. The van der Waals surface area contributed by atoms with Crippen molar-refractivity contribution < 1.29 is 17.6 Å². The molecule has 0 saturated carbocycles. The second-order valence-electron chi connectivity index (χ2n) is 7.34. The fraction of sp³-hybridized carbons (Fsp3) is 0.611. The van der Waals surface area contributed by atoms with Crippen molar-refractivity contribution in [2.75, 3.05) is 32.8 Å². The van der Waals surface area contributed by atoms with Gasteiger partial charge in [0, 0.05) is 38.8 Å². The Morgan fingerprint density at radius 3 is 2.59 bits per heavy atom. The highest BCUT2D eigenvalue weighted by Gasteiger charge is 2.25. The van der Waals surface area contributed by atoms with Crippen LogP contribution in [0.25, 0.3) is 11.1 Å². The molecule has 2 heterocycles. The minimum absolute atomic E-state index is 0.0922. The molecule has 0 amide bonds. The lowest BCUT2D eigenvalue weighted by Crippen LogP contribution is -2.49. The first-order valence-corrected chi connectivity index (χ1v) is 10.7. The molecule has 1 aliphatic rings. The molecule has 1 atom stereocenters. The second-order valence-corrected chi connectivity index (χ2v) is 9.11. The summed E-state index contributed by atoms with van der Waals surface area (Å²) in [5.41, 5.74) is 0.822. The number of nitrogens with one attached hydrogen (secondary N) is 1. The molecule has 9 heteroatoms. The summed E-state index contributed by atoms with van der Waals surface area (Å²) < 4.78 is 40.1. The number of hydrogen-bond donors (Lipinski definition) is 1. The van der Waals surface area contributed by atoms with Crippen molar-refractivity contribution in [2.45, 2.75) is 31.2 Å². The van der Waals surface area contributed by atoms with Gasteiger partial charge in [-0.15, -0.1) is 0 Å². The molecule has 0 radical (unpaired) electrons. The third-order valence-corrected chi connectivity index (χ3v) is 6.31. The number of hydrogen-bond acceptors (Lipinski definition) is 6. The van der Waals surface area contributed by atoms with Crippen LogP contribution in [0.4, 0.5) is 0 Å². The SMILES string of the molecule is CC(C)CC(CNS(=O)(=O)c1ccc2c(c1)oc(=O)n2C)N1CCOCC1. The van der Waals surface area contributed by atoms with Gasteiger partial charge in [0.05, 0.1) is 23.6 Å². The number of morpholine rings is 1. The van der Waals surface area contributed by atoms with Crippen molar-refractivity contribution in [2.24, 2.45) is 13.0 Å². The van der Waals surface area contributed by atoms with Crippen molar-refractivity contribution in [3.05, 3.63) is 28.7 Å². The van der Waals surface area contributed by atoms with E-state index in [4.69, 9.17) is 9.15 Å². The van der Waals surface area contributed by atoms with Crippen LogP contribution in [0.15, 0.2) is 32.3 Å². The zero-order chi connectivity index (χ0) is 19.6. The average Bonchev–Trinajstić information content (AvgIpc) is 2.93. The number of ether oxygens (including phenoxy) is 1. The number of aryl methyl sites for hydroxylation is 1. The minimum Gasteiger partial charge on any atom is -0.408 e. The van der Waals surface area contributed by atoms with E-state index in [9.17, 15) is 13.2 Å². The Bertz CT molecular complexity index is 942. The van der Waals surface area contributed by atoms with E-state index in [0.29, 0.717) is 31.2 Å². The average molecular weight is 397 g/mol. The van der Waals surface area contributed by atoms with E-state index in [1.54, 1.807) is 13.1 Å². The van der Waals surface area contributed by atoms with Crippen LogP contribution in [0.2, 0.25) is 0 Å². The van der Waals surface area contributed by atoms with Gasteiger partial charge in [-0.3, -0.25) is 9.47 Å². The number of fused-ring (bicyclic) bond motifs is 1. The van der Waals surface area contributed by atoms with Crippen molar-refractivity contribution in [3.63, 3.8) is 0 Å². The summed E-state index contributed by atoms with van der Waals surface area (Å²) >= 11 is 0. The molecule has 1 aliphatic heterocycles. The summed E-state index contributed by atoms with van der Waals surface area (Å²) in [5.74, 6) is -0.0610. The van der Waals surface area contributed by atoms with Crippen LogP contribution in [0.3, 0.4) is 0 Å². The molecule has 27 heavy (non-hydrogen) atoms. The van der Waals surface area contributed by atoms with Gasteiger partial charge in [-0.2, -0.15) is 0 Å². The molecule has 1 aromatic heterocycles. The van der Waals surface area contributed by atoms with Crippen LogP contribution < -0.4 is 10.5 Å². The summed E-state index contributed by atoms with van der Waals surface area (Å²) in [6.45, 7) is 7.55. The molecule has 8 nitrogen and oxygen atoms in total.